The maximum Gasteiger partial charge on any atom is 0.328 e. The molecular formula is C27H30N4O6S. The van der Waals surface area contributed by atoms with Crippen LogP contribution in [0.2, 0.25) is 0 Å². The van der Waals surface area contributed by atoms with Crippen LogP contribution in [0.15, 0.2) is 60.7 Å². The number of benzene rings is 2. The summed E-state index contributed by atoms with van der Waals surface area (Å²) in [6.45, 7) is 2.68. The SMILES string of the molecule is CC(=O)NC(Cc1ccccc1)C(=O)NCC(=O)N[C@H](c1ccccc1)C1(C)S[C@@H]2CC(=O)N2[C@H]1C(=O)O. The number of nitrogens with one attached hydrogen (secondary N) is 3. The van der Waals surface area contributed by atoms with Gasteiger partial charge in [0.15, 0.2) is 0 Å². The molecule has 2 aromatic carbocycles. The van der Waals surface area contributed by atoms with Crippen molar-refractivity contribution in [3.63, 3.8) is 0 Å². The van der Waals surface area contributed by atoms with Crippen LogP contribution in [0.5, 0.6) is 0 Å². The number of rotatable bonds is 10. The van der Waals surface area contributed by atoms with Gasteiger partial charge in [0, 0.05) is 13.3 Å². The Morgan fingerprint density at radius 3 is 2.26 bits per heavy atom. The third kappa shape index (κ3) is 5.67. The Labute approximate surface area is 224 Å². The van der Waals surface area contributed by atoms with E-state index >= 15 is 0 Å². The number of fused-ring (bicyclic) bond motifs is 1. The van der Waals surface area contributed by atoms with Gasteiger partial charge in [-0.2, -0.15) is 0 Å². The largest absolute Gasteiger partial charge is 0.480 e. The molecule has 11 heteroatoms. The number of nitrogens with zero attached hydrogens (tertiary/aromatic N) is 1. The number of carbonyl (C=O) groups excluding carboxylic acids is 4. The molecule has 0 aliphatic carbocycles. The average Bonchev–Trinajstić information content (AvgIpc) is 3.14. The normalized spacial score (nSPS) is 23.4. The van der Waals surface area contributed by atoms with Crippen LogP contribution in [-0.4, -0.2) is 68.4 Å². The Balaban J connectivity index is 1.49. The first kappa shape index (κ1) is 27.2. The molecule has 4 rings (SSSR count). The second-order valence-electron chi connectivity index (χ2n) is 9.57. The molecule has 2 saturated heterocycles. The van der Waals surface area contributed by atoms with Gasteiger partial charge in [-0.05, 0) is 18.1 Å². The van der Waals surface area contributed by atoms with Gasteiger partial charge >= 0.3 is 5.97 Å². The van der Waals surface area contributed by atoms with Crippen LogP contribution in [0, 0.1) is 0 Å². The average molecular weight is 539 g/mol. The van der Waals surface area contributed by atoms with E-state index < -0.39 is 40.7 Å². The van der Waals surface area contributed by atoms with Crippen LogP contribution in [-0.2, 0) is 30.4 Å². The maximum atomic E-state index is 13.1. The van der Waals surface area contributed by atoms with E-state index in [-0.39, 0.29) is 36.6 Å². The van der Waals surface area contributed by atoms with Gasteiger partial charge < -0.3 is 26.0 Å². The summed E-state index contributed by atoms with van der Waals surface area (Å²) in [5.74, 6) is -2.79. The molecule has 4 amide bonds. The molecule has 38 heavy (non-hydrogen) atoms. The molecule has 0 aromatic heterocycles. The molecular weight excluding hydrogens is 508 g/mol. The smallest absolute Gasteiger partial charge is 0.328 e. The van der Waals surface area contributed by atoms with Gasteiger partial charge in [-0.3, -0.25) is 19.2 Å². The van der Waals surface area contributed by atoms with Crippen molar-refractivity contribution in [1.82, 2.24) is 20.9 Å². The highest BCUT2D eigenvalue weighted by molar-refractivity contribution is 8.01. The van der Waals surface area contributed by atoms with Gasteiger partial charge in [0.1, 0.15) is 12.1 Å². The van der Waals surface area contributed by atoms with E-state index in [1.54, 1.807) is 31.2 Å². The highest BCUT2D eigenvalue weighted by Crippen LogP contribution is 2.55. The Morgan fingerprint density at radius 2 is 1.68 bits per heavy atom. The van der Waals surface area contributed by atoms with Crippen molar-refractivity contribution in [3.05, 3.63) is 71.8 Å². The van der Waals surface area contributed by atoms with Crippen molar-refractivity contribution in [2.45, 2.75) is 54.9 Å². The molecule has 2 heterocycles. The molecule has 2 aliphatic rings. The number of hydrogen-bond acceptors (Lipinski definition) is 6. The Morgan fingerprint density at radius 1 is 1.05 bits per heavy atom. The number of hydrogen-bond donors (Lipinski definition) is 4. The Hall–Kier alpha value is -3.86. The van der Waals surface area contributed by atoms with Crippen molar-refractivity contribution in [3.8, 4) is 0 Å². The lowest BCUT2D eigenvalue weighted by Crippen LogP contribution is -2.60. The molecule has 0 spiro atoms. The summed E-state index contributed by atoms with van der Waals surface area (Å²) in [7, 11) is 0. The summed E-state index contributed by atoms with van der Waals surface area (Å²) in [6, 6.07) is 15.4. The van der Waals surface area contributed by atoms with Crippen LogP contribution in [0.4, 0.5) is 0 Å². The Kier molecular flexibility index (Phi) is 8.05. The van der Waals surface area contributed by atoms with Gasteiger partial charge in [0.05, 0.1) is 29.1 Å². The predicted molar refractivity (Wildman–Crippen MR) is 141 cm³/mol. The van der Waals surface area contributed by atoms with E-state index in [4.69, 9.17) is 0 Å². The monoisotopic (exact) mass is 538 g/mol. The van der Waals surface area contributed by atoms with Gasteiger partial charge in [-0.15, -0.1) is 11.8 Å². The van der Waals surface area contributed by atoms with Gasteiger partial charge in [-0.25, -0.2) is 4.79 Å². The molecule has 2 aromatic rings. The van der Waals surface area contributed by atoms with Gasteiger partial charge in [-0.1, -0.05) is 60.7 Å². The van der Waals surface area contributed by atoms with Gasteiger partial charge in [0.25, 0.3) is 0 Å². The van der Waals surface area contributed by atoms with Crippen molar-refractivity contribution in [2.24, 2.45) is 0 Å². The summed E-state index contributed by atoms with van der Waals surface area (Å²) in [6.07, 6.45) is 0.502. The first-order chi connectivity index (χ1) is 18.1. The molecule has 0 bridgehead atoms. The van der Waals surface area contributed by atoms with Crippen LogP contribution in [0.3, 0.4) is 0 Å². The number of β-lactam (4-membered cyclic amide) rings is 1. The molecule has 0 saturated carbocycles. The highest BCUT2D eigenvalue weighted by Gasteiger charge is 2.63. The third-order valence-electron chi connectivity index (χ3n) is 6.80. The quantitative estimate of drug-likeness (QED) is 0.333. The first-order valence-electron chi connectivity index (χ1n) is 12.2. The minimum absolute atomic E-state index is 0.230. The van der Waals surface area contributed by atoms with Crippen LogP contribution < -0.4 is 16.0 Å². The van der Waals surface area contributed by atoms with Crippen LogP contribution in [0.1, 0.15) is 37.4 Å². The fraction of sp³-hybridized carbons (Fsp3) is 0.370. The molecule has 200 valence electrons. The van der Waals surface area contributed by atoms with Gasteiger partial charge in [0.2, 0.25) is 23.6 Å². The number of carbonyl (C=O) groups is 5. The predicted octanol–water partition coefficient (Wildman–Crippen LogP) is 1.22. The van der Waals surface area contributed by atoms with Crippen LogP contribution >= 0.6 is 11.8 Å². The van der Waals surface area contributed by atoms with E-state index in [1.807, 2.05) is 36.4 Å². The van der Waals surface area contributed by atoms with Crippen LogP contribution in [0.25, 0.3) is 0 Å². The number of thioether (sulfide) groups is 1. The van der Waals surface area contributed by atoms with E-state index in [2.05, 4.69) is 16.0 Å². The van der Waals surface area contributed by atoms with E-state index in [0.29, 0.717) is 5.56 Å². The number of amides is 4. The standard InChI is InChI=1S/C27H30N4O6S/c1-16(32)29-19(13-17-9-5-3-6-10-17)25(35)28-15-20(33)30-23(18-11-7-4-8-12-18)27(2)24(26(36)37)31-21(34)14-22(31)38-27/h3-12,19,22-24H,13-15H2,1-2H3,(H,28,35)(H,29,32)(H,30,33)(H,36,37)/t19?,22-,23-,24+,27?/m1/s1. The first-order valence-corrected chi connectivity index (χ1v) is 13.1. The zero-order valence-corrected chi connectivity index (χ0v) is 21.9. The van der Waals surface area contributed by atoms with Crippen molar-refractivity contribution in [2.75, 3.05) is 6.54 Å². The lowest BCUT2D eigenvalue weighted by molar-refractivity contribution is -0.158. The molecule has 5 atom stereocenters. The zero-order chi connectivity index (χ0) is 27.4. The number of aliphatic carboxylic acids is 1. The van der Waals surface area contributed by atoms with E-state index in [0.717, 1.165) is 5.56 Å². The molecule has 4 N–H and O–H groups in total. The molecule has 0 radical (unpaired) electrons. The van der Waals surface area contributed by atoms with E-state index in [9.17, 15) is 29.1 Å². The fourth-order valence-electron chi connectivity index (χ4n) is 5.04. The summed E-state index contributed by atoms with van der Waals surface area (Å²) >= 11 is 1.36. The summed E-state index contributed by atoms with van der Waals surface area (Å²) in [5.41, 5.74) is 1.53. The van der Waals surface area contributed by atoms with Crippen molar-refractivity contribution >= 4 is 41.4 Å². The second-order valence-corrected chi connectivity index (χ2v) is 11.2. The topological polar surface area (TPSA) is 145 Å². The minimum Gasteiger partial charge on any atom is -0.480 e. The number of carboxylic acids is 1. The minimum atomic E-state index is -1.14. The fourth-order valence-corrected chi connectivity index (χ4v) is 6.88. The van der Waals surface area contributed by atoms with Crippen molar-refractivity contribution < 1.29 is 29.1 Å². The number of carboxylic acid groups (broad SMARTS) is 1. The maximum absolute atomic E-state index is 13.1. The molecule has 2 unspecified atom stereocenters. The summed E-state index contributed by atoms with van der Waals surface area (Å²) < 4.78 is -1.06. The van der Waals surface area contributed by atoms with Crippen molar-refractivity contribution in [1.29, 1.82) is 0 Å². The molecule has 2 fully saturated rings. The zero-order valence-electron chi connectivity index (χ0n) is 21.0. The highest BCUT2D eigenvalue weighted by atomic mass is 32.2. The summed E-state index contributed by atoms with van der Waals surface area (Å²) in [4.78, 5) is 63.6. The Bertz CT molecular complexity index is 1230. The third-order valence-corrected chi connectivity index (χ3v) is 8.44. The molecule has 10 nitrogen and oxygen atoms in total. The molecule has 2 aliphatic heterocycles. The lowest BCUT2D eigenvalue weighted by Gasteiger charge is -2.39. The second kappa shape index (κ2) is 11.3. The summed E-state index contributed by atoms with van der Waals surface area (Å²) in [5, 5.41) is 17.9. The van der Waals surface area contributed by atoms with E-state index in [1.165, 1.54) is 23.6 Å². The lowest BCUT2D eigenvalue weighted by atomic mass is 9.85.